The number of hydrogen-bond donors (Lipinski definition) is 2. The van der Waals surface area contributed by atoms with Crippen molar-refractivity contribution in [2.75, 3.05) is 46.1 Å². The molecule has 2 aliphatic rings. The number of ether oxygens (including phenoxy) is 1. The van der Waals surface area contributed by atoms with E-state index in [0.717, 1.165) is 44.1 Å². The molecule has 1 aromatic rings. The van der Waals surface area contributed by atoms with Gasteiger partial charge in [0.1, 0.15) is 5.75 Å². The van der Waals surface area contributed by atoms with Gasteiger partial charge in [-0.2, -0.15) is 0 Å². The normalized spacial score (nSPS) is 20.9. The molecule has 1 heterocycles. The molecule has 156 valence electrons. The fraction of sp³-hybridized carbons (Fsp3) is 0.650. The summed E-state index contributed by atoms with van der Waals surface area (Å²) >= 11 is 0. The van der Waals surface area contributed by atoms with Crippen molar-refractivity contribution >= 4 is 16.0 Å². The molecule has 2 N–H and O–H groups in total. The molecule has 0 aromatic heterocycles. The molecular weight excluding hydrogens is 376 g/mol. The summed E-state index contributed by atoms with van der Waals surface area (Å²) in [6, 6.07) is 8.21. The quantitative estimate of drug-likeness (QED) is 0.506. The van der Waals surface area contributed by atoms with Crippen molar-refractivity contribution in [2.24, 2.45) is 10.9 Å². The van der Waals surface area contributed by atoms with E-state index in [9.17, 15) is 8.42 Å². The summed E-state index contributed by atoms with van der Waals surface area (Å²) < 4.78 is 32.2. The smallest absolute Gasteiger partial charge is 0.213 e. The van der Waals surface area contributed by atoms with Gasteiger partial charge in [0.15, 0.2) is 5.96 Å². The van der Waals surface area contributed by atoms with Gasteiger partial charge in [-0.05, 0) is 42.9 Å². The van der Waals surface area contributed by atoms with Gasteiger partial charge in [-0.3, -0.25) is 4.99 Å². The summed E-state index contributed by atoms with van der Waals surface area (Å²) in [5.74, 6) is 2.66. The Kier molecular flexibility index (Phi) is 7.18. The fourth-order valence-electron chi connectivity index (χ4n) is 3.74. The highest BCUT2D eigenvalue weighted by Gasteiger charge is 2.26. The lowest BCUT2D eigenvalue weighted by Gasteiger charge is -2.25. The molecular formula is C20H32N4O3S. The molecule has 3 rings (SSSR count). The topological polar surface area (TPSA) is 83.0 Å². The van der Waals surface area contributed by atoms with E-state index >= 15 is 0 Å². The Morgan fingerprint density at radius 1 is 1.25 bits per heavy atom. The number of nitrogens with zero attached hydrogens (tertiary/aromatic N) is 2. The Balaban J connectivity index is 1.44. The van der Waals surface area contributed by atoms with Crippen LogP contribution in [0.4, 0.5) is 0 Å². The highest BCUT2D eigenvalue weighted by molar-refractivity contribution is 7.89. The van der Waals surface area contributed by atoms with Crippen molar-refractivity contribution in [1.29, 1.82) is 0 Å². The maximum Gasteiger partial charge on any atom is 0.213 e. The Morgan fingerprint density at radius 2 is 2.00 bits per heavy atom. The van der Waals surface area contributed by atoms with Gasteiger partial charge in [0.2, 0.25) is 10.0 Å². The predicted molar refractivity (Wildman–Crippen MR) is 112 cm³/mol. The van der Waals surface area contributed by atoms with Crippen molar-refractivity contribution in [1.82, 2.24) is 14.9 Å². The number of likely N-dealkylation sites (tertiary alicyclic amines) is 1. The zero-order chi connectivity index (χ0) is 20.0. The van der Waals surface area contributed by atoms with Crippen LogP contribution in [0.5, 0.6) is 5.75 Å². The first kappa shape index (κ1) is 20.9. The lowest BCUT2D eigenvalue weighted by atomic mass is 9.86. The van der Waals surface area contributed by atoms with E-state index in [0.29, 0.717) is 24.9 Å². The number of sulfonamides is 1. The number of guanidine groups is 1. The van der Waals surface area contributed by atoms with Crippen molar-refractivity contribution in [3.63, 3.8) is 0 Å². The second-order valence-corrected chi connectivity index (χ2v) is 9.57. The van der Waals surface area contributed by atoms with Gasteiger partial charge in [-0.15, -0.1) is 0 Å². The molecule has 1 aliphatic heterocycles. The molecule has 0 bridgehead atoms. The van der Waals surface area contributed by atoms with Gasteiger partial charge in [-0.1, -0.05) is 18.6 Å². The molecule has 8 heteroatoms. The van der Waals surface area contributed by atoms with Crippen molar-refractivity contribution < 1.29 is 13.2 Å². The first-order valence-corrected chi connectivity index (χ1v) is 11.7. The van der Waals surface area contributed by atoms with E-state index in [1.165, 1.54) is 12.0 Å². The van der Waals surface area contributed by atoms with Crippen LogP contribution in [0.25, 0.3) is 0 Å². The molecule has 0 amide bonds. The fourth-order valence-corrected chi connectivity index (χ4v) is 4.75. The zero-order valence-corrected chi connectivity index (χ0v) is 17.7. The van der Waals surface area contributed by atoms with E-state index in [-0.39, 0.29) is 5.75 Å². The molecule has 1 aliphatic carbocycles. The van der Waals surface area contributed by atoms with E-state index in [1.807, 2.05) is 12.1 Å². The van der Waals surface area contributed by atoms with Crippen LogP contribution in [0.3, 0.4) is 0 Å². The maximum atomic E-state index is 12.1. The summed E-state index contributed by atoms with van der Waals surface area (Å²) in [5, 5.41) is 3.21. The molecule has 28 heavy (non-hydrogen) atoms. The Bertz CT molecular complexity index is 760. The molecule has 1 aromatic carbocycles. The first-order chi connectivity index (χ1) is 13.5. The van der Waals surface area contributed by atoms with Gasteiger partial charge in [0.25, 0.3) is 0 Å². The van der Waals surface area contributed by atoms with E-state index in [2.05, 4.69) is 32.1 Å². The summed E-state index contributed by atoms with van der Waals surface area (Å²) in [7, 11) is 0.176. The number of methoxy groups -OCH3 is 1. The molecule has 1 saturated heterocycles. The SMILES string of the molecule is CN=C(NCCS(=O)(=O)NCC1CCC1)N1CCC(c2ccc(OC)cc2)C1. The standard InChI is InChI=1S/C20H32N4O3S/c1-21-20(22-11-13-28(25,26)23-14-16-4-3-5-16)24-12-10-18(15-24)17-6-8-19(27-2)9-7-17/h6-9,16,18,23H,3-5,10-15H2,1-2H3,(H,21,22). The third kappa shape index (κ3) is 5.61. The summed E-state index contributed by atoms with van der Waals surface area (Å²) in [5.41, 5.74) is 1.29. The molecule has 0 radical (unpaired) electrons. The largest absolute Gasteiger partial charge is 0.497 e. The van der Waals surface area contributed by atoms with Crippen LogP contribution in [0.15, 0.2) is 29.3 Å². The highest BCUT2D eigenvalue weighted by atomic mass is 32.2. The Morgan fingerprint density at radius 3 is 2.61 bits per heavy atom. The average Bonchev–Trinajstić information content (AvgIpc) is 3.14. The van der Waals surface area contributed by atoms with Gasteiger partial charge in [0, 0.05) is 39.1 Å². The minimum Gasteiger partial charge on any atom is -0.497 e. The zero-order valence-electron chi connectivity index (χ0n) is 16.9. The number of hydrogen-bond acceptors (Lipinski definition) is 4. The third-order valence-corrected chi connectivity index (χ3v) is 7.11. The van der Waals surface area contributed by atoms with Crippen LogP contribution in [0.2, 0.25) is 0 Å². The van der Waals surface area contributed by atoms with Crippen LogP contribution in [-0.2, 0) is 10.0 Å². The van der Waals surface area contributed by atoms with Crippen molar-refractivity contribution in [3.05, 3.63) is 29.8 Å². The second kappa shape index (κ2) is 9.60. The summed E-state index contributed by atoms with van der Waals surface area (Å²) in [6.07, 6.45) is 4.54. The minimum absolute atomic E-state index is 0.0640. The number of benzene rings is 1. The van der Waals surface area contributed by atoms with Crippen LogP contribution < -0.4 is 14.8 Å². The van der Waals surface area contributed by atoms with E-state index in [4.69, 9.17) is 4.74 Å². The van der Waals surface area contributed by atoms with Crippen LogP contribution >= 0.6 is 0 Å². The number of aliphatic imine (C=N–C) groups is 1. The maximum absolute atomic E-state index is 12.1. The Labute approximate surface area is 168 Å². The third-order valence-electron chi connectivity index (χ3n) is 5.76. The summed E-state index contributed by atoms with van der Waals surface area (Å²) in [4.78, 5) is 6.54. The molecule has 1 atom stereocenters. The number of nitrogens with one attached hydrogen (secondary N) is 2. The van der Waals surface area contributed by atoms with Gasteiger partial charge >= 0.3 is 0 Å². The van der Waals surface area contributed by atoms with E-state index < -0.39 is 10.0 Å². The first-order valence-electron chi connectivity index (χ1n) is 10.1. The molecule has 0 spiro atoms. The predicted octanol–water partition coefficient (Wildman–Crippen LogP) is 1.78. The Hall–Kier alpha value is -1.80. The van der Waals surface area contributed by atoms with Gasteiger partial charge in [0.05, 0.1) is 12.9 Å². The molecule has 1 unspecified atom stereocenters. The van der Waals surface area contributed by atoms with E-state index in [1.54, 1.807) is 14.2 Å². The van der Waals surface area contributed by atoms with Crippen LogP contribution in [-0.4, -0.2) is 65.4 Å². The lowest BCUT2D eigenvalue weighted by molar-refractivity contribution is 0.316. The number of rotatable bonds is 8. The second-order valence-electron chi connectivity index (χ2n) is 7.64. The molecule has 1 saturated carbocycles. The average molecular weight is 409 g/mol. The highest BCUT2D eigenvalue weighted by Crippen LogP contribution is 2.28. The van der Waals surface area contributed by atoms with Crippen molar-refractivity contribution in [3.8, 4) is 5.75 Å². The van der Waals surface area contributed by atoms with Crippen molar-refractivity contribution in [2.45, 2.75) is 31.6 Å². The van der Waals surface area contributed by atoms with Gasteiger partial charge < -0.3 is 15.0 Å². The minimum atomic E-state index is -3.24. The molecule has 7 nitrogen and oxygen atoms in total. The van der Waals surface area contributed by atoms with Crippen LogP contribution in [0, 0.1) is 5.92 Å². The molecule has 2 fully saturated rings. The lowest BCUT2D eigenvalue weighted by Crippen LogP contribution is -2.43. The van der Waals surface area contributed by atoms with Crippen LogP contribution in [0.1, 0.15) is 37.2 Å². The monoisotopic (exact) mass is 408 g/mol. The van der Waals surface area contributed by atoms with Gasteiger partial charge in [-0.25, -0.2) is 13.1 Å². The summed E-state index contributed by atoms with van der Waals surface area (Å²) in [6.45, 7) is 2.71.